The highest BCUT2D eigenvalue weighted by atomic mass is 14.9. The van der Waals surface area contributed by atoms with E-state index in [-0.39, 0.29) is 6.04 Å². The van der Waals surface area contributed by atoms with Crippen molar-refractivity contribution in [2.75, 3.05) is 0 Å². The number of nitrogens with zero attached hydrogens (tertiary/aromatic N) is 1. The van der Waals surface area contributed by atoms with Gasteiger partial charge in [-0.2, -0.15) is 5.26 Å². The summed E-state index contributed by atoms with van der Waals surface area (Å²) in [7, 11) is 0. The van der Waals surface area contributed by atoms with Gasteiger partial charge in [-0.3, -0.25) is 5.32 Å². The number of hydrogen-bond donors (Lipinski definition) is 1. The van der Waals surface area contributed by atoms with Gasteiger partial charge in [0.05, 0.1) is 12.1 Å². The van der Waals surface area contributed by atoms with Crippen LogP contribution >= 0.6 is 0 Å². The van der Waals surface area contributed by atoms with Crippen LogP contribution in [0.4, 0.5) is 0 Å². The molecular weight excluding hydrogens is 184 g/mol. The minimum Gasteiger partial charge on any atom is -0.299 e. The summed E-state index contributed by atoms with van der Waals surface area (Å²) in [6, 6.07) is 3.01. The van der Waals surface area contributed by atoms with Crippen LogP contribution in [0.5, 0.6) is 0 Å². The van der Waals surface area contributed by atoms with Gasteiger partial charge in [-0.05, 0) is 32.1 Å². The third-order valence-electron chi connectivity index (χ3n) is 3.59. The predicted molar refractivity (Wildman–Crippen MR) is 63.5 cm³/mol. The van der Waals surface area contributed by atoms with Gasteiger partial charge in [0, 0.05) is 6.04 Å². The van der Waals surface area contributed by atoms with Crippen molar-refractivity contribution in [2.45, 2.75) is 70.9 Å². The minimum absolute atomic E-state index is 0.0815. The Hall–Kier alpha value is -0.550. The molecule has 0 saturated heterocycles. The zero-order valence-corrected chi connectivity index (χ0v) is 10.1. The second kappa shape index (κ2) is 6.85. The van der Waals surface area contributed by atoms with Crippen LogP contribution in [0.2, 0.25) is 0 Å². The van der Waals surface area contributed by atoms with Crippen LogP contribution in [0.1, 0.15) is 58.8 Å². The molecule has 1 saturated carbocycles. The van der Waals surface area contributed by atoms with Gasteiger partial charge in [-0.15, -0.1) is 0 Å². The second-order valence-corrected chi connectivity index (χ2v) is 4.83. The van der Waals surface area contributed by atoms with Crippen LogP contribution in [-0.4, -0.2) is 12.1 Å². The summed E-state index contributed by atoms with van der Waals surface area (Å²) in [5.41, 5.74) is 0. The number of nitriles is 1. The molecule has 1 rings (SSSR count). The molecule has 1 aliphatic rings. The lowest BCUT2D eigenvalue weighted by molar-refractivity contribution is 0.342. The van der Waals surface area contributed by atoms with Gasteiger partial charge in [-0.1, -0.05) is 32.6 Å². The highest BCUT2D eigenvalue weighted by molar-refractivity contribution is 4.96. The van der Waals surface area contributed by atoms with Crippen LogP contribution in [0.25, 0.3) is 0 Å². The summed E-state index contributed by atoms with van der Waals surface area (Å²) in [6.45, 7) is 4.33. The van der Waals surface area contributed by atoms with E-state index in [2.05, 4.69) is 25.2 Å². The van der Waals surface area contributed by atoms with E-state index in [4.69, 9.17) is 0 Å². The van der Waals surface area contributed by atoms with Gasteiger partial charge < -0.3 is 0 Å². The smallest absolute Gasteiger partial charge is 0.0983 e. The molecular formula is C13H24N2. The van der Waals surface area contributed by atoms with E-state index in [1.54, 1.807) is 0 Å². The Morgan fingerprint density at radius 2 is 1.87 bits per heavy atom. The fourth-order valence-corrected chi connectivity index (χ4v) is 2.35. The Balaban J connectivity index is 2.45. The molecule has 0 aromatic rings. The topological polar surface area (TPSA) is 35.8 Å². The van der Waals surface area contributed by atoms with Crippen molar-refractivity contribution in [3.63, 3.8) is 0 Å². The average Bonchev–Trinajstić information content (AvgIpc) is 2.54. The van der Waals surface area contributed by atoms with Crippen molar-refractivity contribution in [1.82, 2.24) is 5.32 Å². The zero-order valence-electron chi connectivity index (χ0n) is 10.1. The van der Waals surface area contributed by atoms with Crippen LogP contribution < -0.4 is 5.32 Å². The third-order valence-corrected chi connectivity index (χ3v) is 3.59. The molecule has 0 amide bonds. The lowest BCUT2D eigenvalue weighted by atomic mass is 9.92. The monoisotopic (exact) mass is 208 g/mol. The van der Waals surface area contributed by atoms with E-state index in [9.17, 15) is 5.26 Å². The molecule has 15 heavy (non-hydrogen) atoms. The fourth-order valence-electron chi connectivity index (χ4n) is 2.35. The Morgan fingerprint density at radius 1 is 1.27 bits per heavy atom. The van der Waals surface area contributed by atoms with Gasteiger partial charge >= 0.3 is 0 Å². The average molecular weight is 208 g/mol. The van der Waals surface area contributed by atoms with Crippen molar-refractivity contribution in [3.05, 3.63) is 0 Å². The van der Waals surface area contributed by atoms with Crippen LogP contribution in [0.3, 0.4) is 0 Å². The molecule has 0 spiro atoms. The Labute approximate surface area is 94.1 Å². The van der Waals surface area contributed by atoms with Gasteiger partial charge in [-0.25, -0.2) is 0 Å². The molecule has 0 aliphatic heterocycles. The first-order valence-corrected chi connectivity index (χ1v) is 6.43. The van der Waals surface area contributed by atoms with E-state index in [0.717, 1.165) is 6.42 Å². The highest BCUT2D eigenvalue weighted by Gasteiger charge is 2.23. The molecule has 1 aliphatic carbocycles. The summed E-state index contributed by atoms with van der Waals surface area (Å²) >= 11 is 0. The predicted octanol–water partition coefficient (Wildman–Crippen LogP) is 3.24. The van der Waals surface area contributed by atoms with Crippen LogP contribution in [0.15, 0.2) is 0 Å². The molecule has 0 aromatic heterocycles. The first-order valence-electron chi connectivity index (χ1n) is 6.43. The summed E-state index contributed by atoms with van der Waals surface area (Å²) in [4.78, 5) is 0. The maximum Gasteiger partial charge on any atom is 0.0983 e. The van der Waals surface area contributed by atoms with Gasteiger partial charge in [0.25, 0.3) is 0 Å². The van der Waals surface area contributed by atoms with Crippen molar-refractivity contribution < 1.29 is 0 Å². The summed E-state index contributed by atoms with van der Waals surface area (Å²) in [6.07, 6.45) is 8.92. The summed E-state index contributed by atoms with van der Waals surface area (Å²) in [5.74, 6) is 0.589. The summed E-state index contributed by atoms with van der Waals surface area (Å²) < 4.78 is 0. The van der Waals surface area contributed by atoms with Crippen molar-refractivity contribution >= 4 is 0 Å². The Bertz CT molecular complexity index is 199. The quantitative estimate of drug-likeness (QED) is 0.720. The molecule has 2 unspecified atom stereocenters. The van der Waals surface area contributed by atoms with Crippen molar-refractivity contribution in [1.29, 1.82) is 5.26 Å². The molecule has 2 heteroatoms. The van der Waals surface area contributed by atoms with Crippen LogP contribution in [-0.2, 0) is 0 Å². The molecule has 0 bridgehead atoms. The van der Waals surface area contributed by atoms with E-state index < -0.39 is 0 Å². The standard InChI is InChI=1S/C13H24N2/c1-3-11(2)15-13(10-14)12-8-6-4-5-7-9-12/h11-13,15H,3-9H2,1-2H3. The number of hydrogen-bond acceptors (Lipinski definition) is 2. The summed E-state index contributed by atoms with van der Waals surface area (Å²) in [5, 5.41) is 12.7. The zero-order chi connectivity index (χ0) is 11.1. The van der Waals surface area contributed by atoms with Gasteiger partial charge in [0.2, 0.25) is 0 Å². The van der Waals surface area contributed by atoms with Crippen LogP contribution in [0, 0.1) is 17.2 Å². The molecule has 1 fully saturated rings. The highest BCUT2D eigenvalue weighted by Crippen LogP contribution is 2.25. The molecule has 2 atom stereocenters. The second-order valence-electron chi connectivity index (χ2n) is 4.83. The fraction of sp³-hybridized carbons (Fsp3) is 0.923. The van der Waals surface area contributed by atoms with E-state index in [0.29, 0.717) is 12.0 Å². The van der Waals surface area contributed by atoms with E-state index >= 15 is 0 Å². The maximum absolute atomic E-state index is 9.20. The molecule has 0 radical (unpaired) electrons. The maximum atomic E-state index is 9.20. The SMILES string of the molecule is CCC(C)NC(C#N)C1CCCCCC1. The molecule has 0 heterocycles. The first kappa shape index (κ1) is 12.5. The lowest BCUT2D eigenvalue weighted by Gasteiger charge is -2.24. The normalized spacial score (nSPS) is 22.7. The molecule has 2 nitrogen and oxygen atoms in total. The third kappa shape index (κ3) is 4.22. The van der Waals surface area contributed by atoms with Crippen molar-refractivity contribution in [2.24, 2.45) is 5.92 Å². The first-order chi connectivity index (χ1) is 7.27. The number of nitrogens with one attached hydrogen (secondary N) is 1. The Kier molecular flexibility index (Phi) is 5.71. The van der Waals surface area contributed by atoms with E-state index in [1.165, 1.54) is 38.5 Å². The molecule has 1 N–H and O–H groups in total. The van der Waals surface area contributed by atoms with Crippen molar-refractivity contribution in [3.8, 4) is 6.07 Å². The largest absolute Gasteiger partial charge is 0.299 e. The number of rotatable bonds is 4. The lowest BCUT2D eigenvalue weighted by Crippen LogP contribution is -2.40. The molecule has 0 aromatic carbocycles. The van der Waals surface area contributed by atoms with Gasteiger partial charge in [0.1, 0.15) is 0 Å². The molecule has 86 valence electrons. The Morgan fingerprint density at radius 3 is 2.33 bits per heavy atom. The van der Waals surface area contributed by atoms with Gasteiger partial charge in [0.15, 0.2) is 0 Å². The van der Waals surface area contributed by atoms with E-state index in [1.807, 2.05) is 0 Å². The minimum atomic E-state index is 0.0815.